The molecule has 0 aliphatic rings. The quantitative estimate of drug-likeness (QED) is 0.296. The summed E-state index contributed by atoms with van der Waals surface area (Å²) in [6.07, 6.45) is 0.420. The zero-order valence-corrected chi connectivity index (χ0v) is 21.8. The van der Waals surface area contributed by atoms with Crippen molar-refractivity contribution in [3.05, 3.63) is 83.9 Å². The van der Waals surface area contributed by atoms with Crippen LogP contribution in [0.4, 0.5) is 5.69 Å². The number of hydrogen-bond acceptors (Lipinski definition) is 7. The van der Waals surface area contributed by atoms with Gasteiger partial charge in [0.05, 0.1) is 20.5 Å². The van der Waals surface area contributed by atoms with Crippen molar-refractivity contribution in [2.45, 2.75) is 31.6 Å². The van der Waals surface area contributed by atoms with E-state index < -0.39 is 22.4 Å². The maximum absolute atomic E-state index is 11.4. The molecule has 0 aliphatic heterocycles. The predicted molar refractivity (Wildman–Crippen MR) is 141 cm³/mol. The first kappa shape index (κ1) is 27.3. The topological polar surface area (TPSA) is 106 Å². The molecule has 9 heteroatoms. The fourth-order valence-electron chi connectivity index (χ4n) is 3.84. The normalized spacial score (nSPS) is 13.2. The Morgan fingerprint density at radius 3 is 1.69 bits per heavy atom. The zero-order valence-electron chi connectivity index (χ0n) is 21.0. The number of anilines is 1. The molecule has 3 N–H and O–H groups in total. The first-order valence-electron chi connectivity index (χ1n) is 11.6. The van der Waals surface area contributed by atoms with Crippen molar-refractivity contribution in [3.8, 4) is 17.2 Å². The second kappa shape index (κ2) is 12.6. The standard InChI is InChI=1S/C27H34N2O6S/c1-19(30)27(35-25-15-9-22(10-16-25)29-36(4,31)32)28-18-17-26(20-5-11-23(33-2)12-6-20)21-7-13-24(34-3)14-8-21/h5-16,19,26-30H,17-18H2,1-4H3. The zero-order chi connectivity index (χ0) is 26.1. The highest BCUT2D eigenvalue weighted by molar-refractivity contribution is 7.92. The first-order valence-corrected chi connectivity index (χ1v) is 13.5. The number of nitrogens with one attached hydrogen (secondary N) is 2. The van der Waals surface area contributed by atoms with E-state index >= 15 is 0 Å². The van der Waals surface area contributed by atoms with E-state index in [4.69, 9.17) is 14.2 Å². The van der Waals surface area contributed by atoms with E-state index in [1.807, 2.05) is 24.3 Å². The maximum atomic E-state index is 11.4. The van der Waals surface area contributed by atoms with Gasteiger partial charge in [0.2, 0.25) is 10.0 Å². The largest absolute Gasteiger partial charge is 0.497 e. The summed E-state index contributed by atoms with van der Waals surface area (Å²) in [7, 11) is -0.0684. The lowest BCUT2D eigenvalue weighted by Crippen LogP contribution is -2.43. The van der Waals surface area contributed by atoms with Crippen LogP contribution < -0.4 is 24.2 Å². The molecule has 3 aromatic rings. The van der Waals surface area contributed by atoms with Crippen LogP contribution in [0.3, 0.4) is 0 Å². The van der Waals surface area contributed by atoms with Gasteiger partial charge in [-0.3, -0.25) is 10.0 Å². The SMILES string of the molecule is COc1ccc(C(CCNC(Oc2ccc(NS(C)(=O)=O)cc2)C(C)O)c2ccc(OC)cc2)cc1. The summed E-state index contributed by atoms with van der Waals surface area (Å²) < 4.78 is 41.8. The van der Waals surface area contributed by atoms with Crippen molar-refractivity contribution >= 4 is 15.7 Å². The number of aliphatic hydroxyl groups is 1. The Labute approximate surface area is 213 Å². The van der Waals surface area contributed by atoms with Crippen LogP contribution in [0, 0.1) is 0 Å². The number of methoxy groups -OCH3 is 2. The molecule has 0 bridgehead atoms. The Morgan fingerprint density at radius 2 is 1.28 bits per heavy atom. The van der Waals surface area contributed by atoms with Gasteiger partial charge in [0, 0.05) is 11.6 Å². The Hall–Kier alpha value is -3.27. The summed E-state index contributed by atoms with van der Waals surface area (Å²) in [5, 5.41) is 13.6. The minimum Gasteiger partial charge on any atom is -0.497 e. The number of rotatable bonds is 13. The van der Waals surface area contributed by atoms with Gasteiger partial charge in [-0.25, -0.2) is 8.42 Å². The van der Waals surface area contributed by atoms with Crippen molar-refractivity contribution in [2.24, 2.45) is 0 Å². The van der Waals surface area contributed by atoms with Crippen LogP contribution in [0.15, 0.2) is 72.8 Å². The lowest BCUT2D eigenvalue weighted by atomic mass is 9.88. The lowest BCUT2D eigenvalue weighted by molar-refractivity contribution is 0.0269. The Morgan fingerprint density at radius 1 is 0.806 bits per heavy atom. The van der Waals surface area contributed by atoms with Crippen LogP contribution in [0.25, 0.3) is 0 Å². The highest BCUT2D eigenvalue weighted by atomic mass is 32.2. The second-order valence-electron chi connectivity index (χ2n) is 8.52. The van der Waals surface area contributed by atoms with E-state index in [1.54, 1.807) is 45.4 Å². The molecule has 0 aliphatic carbocycles. The summed E-state index contributed by atoms with van der Waals surface area (Å²) in [6, 6.07) is 22.6. The van der Waals surface area contributed by atoms with Crippen molar-refractivity contribution in [2.75, 3.05) is 31.7 Å². The van der Waals surface area contributed by atoms with Crippen LogP contribution in [0.2, 0.25) is 0 Å². The van der Waals surface area contributed by atoms with E-state index in [-0.39, 0.29) is 5.92 Å². The predicted octanol–water partition coefficient (Wildman–Crippen LogP) is 3.97. The molecule has 36 heavy (non-hydrogen) atoms. The number of hydrogen-bond donors (Lipinski definition) is 3. The average molecular weight is 515 g/mol. The average Bonchev–Trinajstić information content (AvgIpc) is 2.86. The van der Waals surface area contributed by atoms with Crippen LogP contribution in [-0.4, -0.2) is 52.9 Å². The van der Waals surface area contributed by atoms with Gasteiger partial charge in [-0.05, 0) is 79.5 Å². The smallest absolute Gasteiger partial charge is 0.229 e. The summed E-state index contributed by atoms with van der Waals surface area (Å²) >= 11 is 0. The van der Waals surface area contributed by atoms with Gasteiger partial charge in [0.1, 0.15) is 23.4 Å². The van der Waals surface area contributed by atoms with Crippen LogP contribution in [0.5, 0.6) is 17.2 Å². The molecule has 194 valence electrons. The van der Waals surface area contributed by atoms with Crippen molar-refractivity contribution < 1.29 is 27.7 Å². The molecule has 3 rings (SSSR count). The molecule has 8 nitrogen and oxygen atoms in total. The molecular formula is C27H34N2O6S. The van der Waals surface area contributed by atoms with E-state index in [9.17, 15) is 13.5 Å². The Bertz CT molecular complexity index is 1130. The van der Waals surface area contributed by atoms with Crippen LogP contribution >= 0.6 is 0 Å². The summed E-state index contributed by atoms with van der Waals surface area (Å²) in [5.41, 5.74) is 2.73. The fraction of sp³-hybridized carbons (Fsp3) is 0.333. The molecule has 2 unspecified atom stereocenters. The molecule has 2 atom stereocenters. The van der Waals surface area contributed by atoms with Crippen molar-refractivity contribution in [3.63, 3.8) is 0 Å². The highest BCUT2D eigenvalue weighted by Gasteiger charge is 2.19. The molecule has 0 spiro atoms. The minimum atomic E-state index is -3.36. The third-order valence-electron chi connectivity index (χ3n) is 5.67. The monoisotopic (exact) mass is 514 g/mol. The molecule has 3 aromatic carbocycles. The Balaban J connectivity index is 1.69. The lowest BCUT2D eigenvalue weighted by Gasteiger charge is -2.25. The molecule has 0 radical (unpaired) electrons. The van der Waals surface area contributed by atoms with E-state index in [2.05, 4.69) is 34.3 Å². The van der Waals surface area contributed by atoms with Gasteiger partial charge in [0.25, 0.3) is 0 Å². The van der Waals surface area contributed by atoms with E-state index in [0.29, 0.717) is 18.0 Å². The molecule has 0 amide bonds. The molecular weight excluding hydrogens is 480 g/mol. The minimum absolute atomic E-state index is 0.102. The van der Waals surface area contributed by atoms with Gasteiger partial charge in [-0.1, -0.05) is 24.3 Å². The summed E-state index contributed by atoms with van der Waals surface area (Å²) in [4.78, 5) is 0. The summed E-state index contributed by atoms with van der Waals surface area (Å²) in [5.74, 6) is 2.20. The summed E-state index contributed by atoms with van der Waals surface area (Å²) in [6.45, 7) is 2.23. The van der Waals surface area contributed by atoms with E-state index in [1.165, 1.54) is 0 Å². The molecule has 0 aromatic heterocycles. The molecule has 0 saturated carbocycles. The van der Waals surface area contributed by atoms with Crippen LogP contribution in [-0.2, 0) is 10.0 Å². The number of sulfonamides is 1. The van der Waals surface area contributed by atoms with Crippen molar-refractivity contribution in [1.29, 1.82) is 0 Å². The van der Waals surface area contributed by atoms with Gasteiger partial charge in [-0.2, -0.15) is 0 Å². The third kappa shape index (κ3) is 8.15. The molecule has 0 heterocycles. The number of benzene rings is 3. The van der Waals surface area contributed by atoms with E-state index in [0.717, 1.165) is 35.3 Å². The van der Waals surface area contributed by atoms with Gasteiger partial charge in [-0.15, -0.1) is 0 Å². The fourth-order valence-corrected chi connectivity index (χ4v) is 4.41. The number of aliphatic hydroxyl groups excluding tert-OH is 1. The molecule has 0 saturated heterocycles. The second-order valence-corrected chi connectivity index (χ2v) is 10.3. The number of ether oxygens (including phenoxy) is 3. The van der Waals surface area contributed by atoms with Gasteiger partial charge < -0.3 is 19.3 Å². The first-order chi connectivity index (χ1) is 17.2. The molecule has 0 fully saturated rings. The third-order valence-corrected chi connectivity index (χ3v) is 6.28. The maximum Gasteiger partial charge on any atom is 0.229 e. The van der Waals surface area contributed by atoms with Crippen molar-refractivity contribution in [1.82, 2.24) is 5.32 Å². The van der Waals surface area contributed by atoms with Gasteiger partial charge in [0.15, 0.2) is 6.23 Å². The highest BCUT2D eigenvalue weighted by Crippen LogP contribution is 2.30. The van der Waals surface area contributed by atoms with Crippen LogP contribution in [0.1, 0.15) is 30.4 Å². The Kier molecular flexibility index (Phi) is 9.58. The van der Waals surface area contributed by atoms with Gasteiger partial charge >= 0.3 is 0 Å².